The van der Waals surface area contributed by atoms with Gasteiger partial charge in [-0.15, -0.1) is 0 Å². The number of ether oxygens (including phenoxy) is 2. The molecule has 0 aliphatic carbocycles. The van der Waals surface area contributed by atoms with Gasteiger partial charge in [0.05, 0.1) is 6.61 Å². The van der Waals surface area contributed by atoms with Gasteiger partial charge in [0.15, 0.2) is 0 Å². The normalized spacial score (nSPS) is 10.7. The number of halogens is 1. The third kappa shape index (κ3) is 15.3. The monoisotopic (exact) mass is 438 g/mol. The molecule has 0 aliphatic rings. The van der Waals surface area contributed by atoms with Gasteiger partial charge >= 0.3 is 11.9 Å². The minimum Gasteiger partial charge on any atom is -0.466 e. The average Bonchev–Trinajstić information content (AvgIpc) is 2.73. The number of rotatable bonds is 18. The van der Waals surface area contributed by atoms with Crippen LogP contribution >= 0.6 is 11.6 Å². The van der Waals surface area contributed by atoms with Crippen LogP contribution < -0.4 is 4.74 Å². The molecule has 1 aromatic carbocycles. The van der Waals surface area contributed by atoms with Crippen LogP contribution in [0.25, 0.3) is 0 Å². The molecule has 1 aromatic rings. The highest BCUT2D eigenvalue weighted by Gasteiger charge is 2.08. The zero-order valence-corrected chi connectivity index (χ0v) is 19.4. The van der Waals surface area contributed by atoms with Crippen molar-refractivity contribution in [1.82, 2.24) is 0 Å². The molecule has 0 saturated carbocycles. The van der Waals surface area contributed by atoms with Crippen LogP contribution in [0.3, 0.4) is 0 Å². The number of unbranched alkanes of at least 4 members (excludes halogenated alkanes) is 11. The van der Waals surface area contributed by atoms with E-state index in [1.54, 1.807) is 24.3 Å². The van der Waals surface area contributed by atoms with Gasteiger partial charge in [-0.3, -0.25) is 9.59 Å². The maximum absolute atomic E-state index is 11.8. The van der Waals surface area contributed by atoms with E-state index in [2.05, 4.69) is 6.92 Å². The largest absolute Gasteiger partial charge is 0.466 e. The quantitative estimate of drug-likeness (QED) is 0.134. The van der Waals surface area contributed by atoms with Crippen LogP contribution in [0.5, 0.6) is 5.75 Å². The molecule has 5 heteroatoms. The van der Waals surface area contributed by atoms with Crippen molar-refractivity contribution < 1.29 is 19.1 Å². The molecular weight excluding hydrogens is 400 g/mol. The van der Waals surface area contributed by atoms with E-state index < -0.39 is 0 Å². The number of carbonyl (C=O) groups excluding carboxylic acids is 2. The Hall–Kier alpha value is -1.55. The third-order valence-electron chi connectivity index (χ3n) is 5.07. The van der Waals surface area contributed by atoms with Gasteiger partial charge in [-0.2, -0.15) is 0 Å². The molecule has 0 spiro atoms. The number of esters is 2. The van der Waals surface area contributed by atoms with Crippen LogP contribution in [0, 0.1) is 0 Å². The topological polar surface area (TPSA) is 52.6 Å². The molecule has 0 aliphatic heterocycles. The van der Waals surface area contributed by atoms with Gasteiger partial charge in [0.2, 0.25) is 0 Å². The first-order valence-corrected chi connectivity index (χ1v) is 12.1. The predicted octanol–water partition coefficient (Wildman–Crippen LogP) is 7.66. The summed E-state index contributed by atoms with van der Waals surface area (Å²) in [5, 5.41) is 0.589. The summed E-state index contributed by atoms with van der Waals surface area (Å²) in [6, 6.07) is 6.61. The van der Waals surface area contributed by atoms with Crippen LogP contribution in [-0.2, 0) is 14.3 Å². The number of carbonyl (C=O) groups is 2. The highest BCUT2D eigenvalue weighted by Crippen LogP contribution is 2.16. The highest BCUT2D eigenvalue weighted by molar-refractivity contribution is 6.30. The molecule has 0 unspecified atom stereocenters. The van der Waals surface area contributed by atoms with E-state index in [0.29, 0.717) is 23.8 Å². The van der Waals surface area contributed by atoms with Crippen molar-refractivity contribution in [2.24, 2.45) is 0 Å². The average molecular weight is 439 g/mol. The Balaban J connectivity index is 1.87. The third-order valence-corrected chi connectivity index (χ3v) is 5.32. The van der Waals surface area contributed by atoms with E-state index >= 15 is 0 Å². The second-order valence-corrected chi connectivity index (χ2v) is 8.33. The first-order chi connectivity index (χ1) is 14.6. The van der Waals surface area contributed by atoms with Gasteiger partial charge in [-0.25, -0.2) is 0 Å². The van der Waals surface area contributed by atoms with E-state index in [0.717, 1.165) is 12.8 Å². The highest BCUT2D eigenvalue weighted by atomic mass is 35.5. The first kappa shape index (κ1) is 26.5. The molecule has 1 rings (SSSR count). The van der Waals surface area contributed by atoms with Crippen LogP contribution in [0.2, 0.25) is 5.02 Å². The standard InChI is InChI=1S/C25H39ClO4/c1-2-3-4-5-6-7-8-9-10-11-12-13-21-29-24(27)15-14-16-25(28)30-23-19-17-22(26)18-20-23/h17-20H,2-16,21H2,1H3. The van der Waals surface area contributed by atoms with Crippen molar-refractivity contribution in [2.45, 2.75) is 103 Å². The summed E-state index contributed by atoms with van der Waals surface area (Å²) in [6.07, 6.45) is 16.3. The Morgan fingerprint density at radius 3 is 1.77 bits per heavy atom. The predicted molar refractivity (Wildman–Crippen MR) is 123 cm³/mol. The summed E-state index contributed by atoms with van der Waals surface area (Å²) >= 11 is 5.79. The lowest BCUT2D eigenvalue weighted by molar-refractivity contribution is -0.144. The summed E-state index contributed by atoms with van der Waals surface area (Å²) in [5.74, 6) is -0.137. The fourth-order valence-corrected chi connectivity index (χ4v) is 3.39. The van der Waals surface area contributed by atoms with Gasteiger partial charge in [0, 0.05) is 17.9 Å². The van der Waals surface area contributed by atoms with E-state index in [-0.39, 0.29) is 24.8 Å². The lowest BCUT2D eigenvalue weighted by Gasteiger charge is -2.06. The minimum absolute atomic E-state index is 0.191. The van der Waals surface area contributed by atoms with Gasteiger partial charge in [0.1, 0.15) is 5.75 Å². The number of hydrogen-bond donors (Lipinski definition) is 0. The second kappa shape index (κ2) is 18.2. The van der Waals surface area contributed by atoms with Crippen molar-refractivity contribution in [3.8, 4) is 5.75 Å². The van der Waals surface area contributed by atoms with Crippen molar-refractivity contribution in [3.63, 3.8) is 0 Å². The first-order valence-electron chi connectivity index (χ1n) is 11.7. The van der Waals surface area contributed by atoms with Crippen LogP contribution in [-0.4, -0.2) is 18.5 Å². The molecule has 4 nitrogen and oxygen atoms in total. The SMILES string of the molecule is CCCCCCCCCCCCCCOC(=O)CCCC(=O)Oc1ccc(Cl)cc1. The Morgan fingerprint density at radius 2 is 1.20 bits per heavy atom. The summed E-state index contributed by atoms with van der Waals surface area (Å²) in [6.45, 7) is 2.73. The number of hydrogen-bond acceptors (Lipinski definition) is 4. The van der Waals surface area contributed by atoms with Crippen molar-refractivity contribution >= 4 is 23.5 Å². The molecule has 0 heterocycles. The second-order valence-electron chi connectivity index (χ2n) is 7.89. The van der Waals surface area contributed by atoms with Crippen molar-refractivity contribution in [3.05, 3.63) is 29.3 Å². The van der Waals surface area contributed by atoms with Gasteiger partial charge in [-0.1, -0.05) is 89.2 Å². The van der Waals surface area contributed by atoms with E-state index in [1.807, 2.05) is 0 Å². The summed E-state index contributed by atoms with van der Waals surface area (Å²) < 4.78 is 10.4. The molecule has 0 N–H and O–H groups in total. The fourth-order valence-electron chi connectivity index (χ4n) is 3.26. The molecule has 30 heavy (non-hydrogen) atoms. The molecule has 0 aromatic heterocycles. The molecule has 0 fully saturated rings. The van der Waals surface area contributed by atoms with E-state index in [1.165, 1.54) is 64.2 Å². The van der Waals surface area contributed by atoms with E-state index in [4.69, 9.17) is 21.1 Å². The Labute approximate surface area is 187 Å². The molecular formula is C25H39ClO4. The molecule has 0 amide bonds. The van der Waals surface area contributed by atoms with Crippen molar-refractivity contribution in [1.29, 1.82) is 0 Å². The smallest absolute Gasteiger partial charge is 0.311 e. The van der Waals surface area contributed by atoms with Crippen LogP contribution in [0.15, 0.2) is 24.3 Å². The van der Waals surface area contributed by atoms with Crippen molar-refractivity contribution in [2.75, 3.05) is 6.61 Å². The zero-order valence-electron chi connectivity index (χ0n) is 18.6. The maximum Gasteiger partial charge on any atom is 0.311 e. The lowest BCUT2D eigenvalue weighted by Crippen LogP contribution is -2.10. The Bertz CT molecular complexity index is 571. The summed E-state index contributed by atoms with van der Waals surface area (Å²) in [7, 11) is 0. The van der Waals surface area contributed by atoms with Gasteiger partial charge in [-0.05, 0) is 37.1 Å². The van der Waals surface area contributed by atoms with Crippen LogP contribution in [0.4, 0.5) is 0 Å². The Morgan fingerprint density at radius 1 is 0.700 bits per heavy atom. The summed E-state index contributed by atoms with van der Waals surface area (Å²) in [4.78, 5) is 23.5. The molecule has 0 radical (unpaired) electrons. The fraction of sp³-hybridized carbons (Fsp3) is 0.680. The minimum atomic E-state index is -0.355. The molecule has 0 saturated heterocycles. The number of benzene rings is 1. The Kier molecular flexibility index (Phi) is 16.1. The van der Waals surface area contributed by atoms with Gasteiger partial charge in [0.25, 0.3) is 0 Å². The maximum atomic E-state index is 11.8. The summed E-state index contributed by atoms with van der Waals surface area (Å²) in [5.41, 5.74) is 0. The zero-order chi connectivity index (χ0) is 21.9. The van der Waals surface area contributed by atoms with E-state index in [9.17, 15) is 9.59 Å². The molecule has 0 atom stereocenters. The molecule has 170 valence electrons. The van der Waals surface area contributed by atoms with Crippen LogP contribution in [0.1, 0.15) is 103 Å². The molecule has 0 bridgehead atoms. The van der Waals surface area contributed by atoms with Gasteiger partial charge < -0.3 is 9.47 Å². The lowest BCUT2D eigenvalue weighted by atomic mass is 10.1.